The summed E-state index contributed by atoms with van der Waals surface area (Å²) < 4.78 is 0. The number of carbonyl (C=O) groups excluding carboxylic acids is 1. The highest BCUT2D eigenvalue weighted by atomic mass is 35.5. The maximum absolute atomic E-state index is 11.8. The van der Waals surface area contributed by atoms with E-state index >= 15 is 0 Å². The van der Waals surface area contributed by atoms with Crippen molar-refractivity contribution < 1.29 is 4.79 Å². The number of thiocarbonyl (C=S) groups is 1. The first-order valence-corrected chi connectivity index (χ1v) is 11.7. The molecule has 0 aromatic heterocycles. The first kappa shape index (κ1) is 23.8. The summed E-state index contributed by atoms with van der Waals surface area (Å²) in [6, 6.07) is 13.8. The molecule has 0 radical (unpaired) electrons. The van der Waals surface area contributed by atoms with E-state index in [9.17, 15) is 4.79 Å². The number of piperazine rings is 1. The summed E-state index contributed by atoms with van der Waals surface area (Å²) in [5, 5.41) is 7.50. The fourth-order valence-corrected chi connectivity index (χ4v) is 4.27. The van der Waals surface area contributed by atoms with Crippen LogP contribution < -0.4 is 15.5 Å². The quantitative estimate of drug-likeness (QED) is 0.527. The minimum atomic E-state index is -0.0725. The Morgan fingerprint density at radius 1 is 1.06 bits per heavy atom. The molecule has 5 nitrogen and oxygen atoms in total. The lowest BCUT2D eigenvalue weighted by Gasteiger charge is -2.36. The van der Waals surface area contributed by atoms with Gasteiger partial charge >= 0.3 is 0 Å². The molecule has 2 N–H and O–H groups in total. The van der Waals surface area contributed by atoms with Crippen molar-refractivity contribution in [2.45, 2.75) is 32.7 Å². The van der Waals surface area contributed by atoms with Gasteiger partial charge in [0.2, 0.25) is 5.91 Å². The Morgan fingerprint density at radius 2 is 1.81 bits per heavy atom. The molecule has 2 aromatic rings. The third-order valence-electron chi connectivity index (χ3n) is 5.28. The number of amides is 1. The van der Waals surface area contributed by atoms with Crippen LogP contribution in [0.15, 0.2) is 42.5 Å². The van der Waals surface area contributed by atoms with E-state index in [-0.39, 0.29) is 11.0 Å². The van der Waals surface area contributed by atoms with Crippen molar-refractivity contribution in [3.63, 3.8) is 0 Å². The van der Waals surface area contributed by atoms with Crippen molar-refractivity contribution in [3.8, 4) is 0 Å². The van der Waals surface area contributed by atoms with Gasteiger partial charge < -0.3 is 15.5 Å². The molecular formula is C23H28Cl2N4OS. The summed E-state index contributed by atoms with van der Waals surface area (Å²) in [6.07, 6.45) is 2.29. The second kappa shape index (κ2) is 11.7. The number of hydrogen-bond donors (Lipinski definition) is 2. The molecule has 0 spiro atoms. The highest BCUT2D eigenvalue weighted by Crippen LogP contribution is 2.30. The molecule has 8 heteroatoms. The lowest BCUT2D eigenvalue weighted by Crippen LogP contribution is -2.46. The number of benzene rings is 2. The van der Waals surface area contributed by atoms with Crippen LogP contribution in [-0.4, -0.2) is 42.1 Å². The molecule has 1 fully saturated rings. The maximum Gasteiger partial charge on any atom is 0.226 e. The molecule has 2 aromatic carbocycles. The van der Waals surface area contributed by atoms with Crippen LogP contribution in [0.4, 0.5) is 11.4 Å². The number of nitrogens with zero attached hydrogens (tertiary/aromatic N) is 2. The third kappa shape index (κ3) is 7.07. The Balaban J connectivity index is 1.52. The summed E-state index contributed by atoms with van der Waals surface area (Å²) >= 11 is 18.1. The van der Waals surface area contributed by atoms with E-state index in [0.717, 1.165) is 67.5 Å². The Kier molecular flexibility index (Phi) is 8.96. The van der Waals surface area contributed by atoms with Gasteiger partial charge in [-0.1, -0.05) is 54.7 Å². The van der Waals surface area contributed by atoms with E-state index in [4.69, 9.17) is 35.4 Å². The third-order valence-corrected chi connectivity index (χ3v) is 6.16. The molecule has 0 atom stereocenters. The largest absolute Gasteiger partial charge is 0.368 e. The molecule has 0 aliphatic carbocycles. The summed E-state index contributed by atoms with van der Waals surface area (Å²) in [7, 11) is 0. The predicted molar refractivity (Wildman–Crippen MR) is 134 cm³/mol. The maximum atomic E-state index is 11.8. The van der Waals surface area contributed by atoms with Crippen molar-refractivity contribution >= 4 is 57.8 Å². The van der Waals surface area contributed by atoms with Crippen LogP contribution in [-0.2, 0) is 11.3 Å². The van der Waals surface area contributed by atoms with Gasteiger partial charge in [-0.25, -0.2) is 0 Å². The van der Waals surface area contributed by atoms with Crippen LogP contribution in [0, 0.1) is 0 Å². The van der Waals surface area contributed by atoms with Gasteiger partial charge in [0.15, 0.2) is 5.11 Å². The number of unbranched alkanes of at least 4 members (excludes halogenated alkanes) is 1. The summed E-state index contributed by atoms with van der Waals surface area (Å²) in [5.74, 6) is -0.0725. The number of hydrogen-bond acceptors (Lipinski definition) is 4. The molecule has 0 bridgehead atoms. The molecular weight excluding hydrogens is 451 g/mol. The van der Waals surface area contributed by atoms with E-state index in [0.29, 0.717) is 11.4 Å². The second-order valence-electron chi connectivity index (χ2n) is 7.63. The van der Waals surface area contributed by atoms with Gasteiger partial charge in [0.25, 0.3) is 0 Å². The van der Waals surface area contributed by atoms with Crippen molar-refractivity contribution in [3.05, 3.63) is 58.1 Å². The van der Waals surface area contributed by atoms with E-state index in [1.54, 1.807) is 0 Å². The van der Waals surface area contributed by atoms with E-state index in [2.05, 4.69) is 26.5 Å². The summed E-state index contributed by atoms with van der Waals surface area (Å²) in [4.78, 5) is 16.5. The monoisotopic (exact) mass is 478 g/mol. The molecule has 0 unspecified atom stereocenters. The van der Waals surface area contributed by atoms with Crippen molar-refractivity contribution in [1.29, 1.82) is 0 Å². The molecule has 1 aliphatic rings. The van der Waals surface area contributed by atoms with Crippen molar-refractivity contribution in [2.75, 3.05) is 36.4 Å². The topological polar surface area (TPSA) is 47.6 Å². The van der Waals surface area contributed by atoms with Crippen LogP contribution in [0.5, 0.6) is 0 Å². The Morgan fingerprint density at radius 3 is 2.48 bits per heavy atom. The first-order valence-electron chi connectivity index (χ1n) is 10.6. The zero-order chi connectivity index (χ0) is 22.2. The molecule has 1 saturated heterocycles. The normalized spacial score (nSPS) is 14.4. The molecule has 1 aliphatic heterocycles. The van der Waals surface area contributed by atoms with Gasteiger partial charge in [0.05, 0.1) is 10.7 Å². The zero-order valence-electron chi connectivity index (χ0n) is 17.7. The van der Waals surface area contributed by atoms with Gasteiger partial charge in [0, 0.05) is 49.9 Å². The summed E-state index contributed by atoms with van der Waals surface area (Å²) in [5.41, 5.74) is 2.92. The Labute approximate surface area is 199 Å². The van der Waals surface area contributed by atoms with Crippen LogP contribution in [0.3, 0.4) is 0 Å². The molecule has 1 amide bonds. The highest BCUT2D eigenvalue weighted by Gasteiger charge is 2.20. The van der Waals surface area contributed by atoms with Gasteiger partial charge in [-0.15, -0.1) is 0 Å². The second-order valence-corrected chi connectivity index (χ2v) is 8.85. The van der Waals surface area contributed by atoms with E-state index in [1.165, 1.54) is 0 Å². The zero-order valence-corrected chi connectivity index (χ0v) is 20.0. The number of halogens is 2. The number of anilines is 2. The van der Waals surface area contributed by atoms with Crippen LogP contribution in [0.2, 0.25) is 10.0 Å². The average molecular weight is 479 g/mol. The summed E-state index contributed by atoms with van der Waals surface area (Å²) in [6.45, 7) is 6.56. The van der Waals surface area contributed by atoms with Crippen LogP contribution >= 0.6 is 35.4 Å². The lowest BCUT2D eigenvalue weighted by molar-refractivity contribution is -0.119. The molecule has 0 saturated carbocycles. The SMILES string of the molecule is CCCCC(=O)NC(=S)Nc1ccc(N2CCN(Cc3ccccc3Cl)CC2)c(Cl)c1. The molecule has 3 rings (SSSR count). The van der Waals surface area contributed by atoms with Gasteiger partial charge in [-0.3, -0.25) is 9.69 Å². The average Bonchev–Trinajstić information content (AvgIpc) is 2.74. The minimum Gasteiger partial charge on any atom is -0.368 e. The van der Waals surface area contributed by atoms with Crippen molar-refractivity contribution in [1.82, 2.24) is 10.2 Å². The Hall–Kier alpha value is -1.86. The number of nitrogens with one attached hydrogen (secondary N) is 2. The fraction of sp³-hybridized carbons (Fsp3) is 0.391. The van der Waals surface area contributed by atoms with Crippen molar-refractivity contribution in [2.24, 2.45) is 0 Å². The van der Waals surface area contributed by atoms with Crippen LogP contribution in [0.1, 0.15) is 31.7 Å². The van der Waals surface area contributed by atoms with E-state index in [1.807, 2.05) is 43.3 Å². The number of rotatable bonds is 7. The first-order chi connectivity index (χ1) is 15.0. The predicted octanol–water partition coefficient (Wildman–Crippen LogP) is 5.32. The molecule has 1 heterocycles. The van der Waals surface area contributed by atoms with Crippen LogP contribution in [0.25, 0.3) is 0 Å². The lowest BCUT2D eigenvalue weighted by atomic mass is 10.2. The van der Waals surface area contributed by atoms with Gasteiger partial charge in [-0.05, 0) is 48.5 Å². The van der Waals surface area contributed by atoms with Gasteiger partial charge in [0.1, 0.15) is 0 Å². The molecule has 31 heavy (non-hydrogen) atoms. The highest BCUT2D eigenvalue weighted by molar-refractivity contribution is 7.80. The minimum absolute atomic E-state index is 0.0725. The van der Waals surface area contributed by atoms with Gasteiger partial charge in [-0.2, -0.15) is 0 Å². The number of carbonyl (C=O) groups is 1. The molecule has 166 valence electrons. The smallest absolute Gasteiger partial charge is 0.226 e. The Bertz CT molecular complexity index is 916. The standard InChI is InChI=1S/C23H28Cl2N4OS/c1-2-3-8-22(30)27-23(31)26-18-9-10-21(20(25)15-18)29-13-11-28(12-14-29)16-17-6-4-5-7-19(17)24/h4-7,9-10,15H,2-3,8,11-14,16H2,1H3,(H2,26,27,30,31). The fourth-order valence-electron chi connectivity index (χ4n) is 3.54. The van der Waals surface area contributed by atoms with E-state index < -0.39 is 0 Å².